The van der Waals surface area contributed by atoms with Gasteiger partial charge in [0.1, 0.15) is 7.11 Å². The molecular formula is C12H15NO. The molecule has 0 unspecified atom stereocenters. The Morgan fingerprint density at radius 1 is 1.43 bits per heavy atom. The van der Waals surface area contributed by atoms with Gasteiger partial charge >= 0.3 is 0 Å². The van der Waals surface area contributed by atoms with Crippen LogP contribution in [-0.4, -0.2) is 12.8 Å². The first-order valence-corrected chi connectivity index (χ1v) is 4.65. The molecule has 74 valence electrons. The maximum absolute atomic E-state index is 4.81. The molecule has 1 aromatic carbocycles. The number of benzene rings is 1. The summed E-state index contributed by atoms with van der Waals surface area (Å²) in [6.07, 6.45) is 3.66. The van der Waals surface area contributed by atoms with E-state index in [4.69, 9.17) is 4.84 Å². The van der Waals surface area contributed by atoms with Crippen LogP contribution in [-0.2, 0) is 4.84 Å². The van der Waals surface area contributed by atoms with Crippen LogP contribution >= 0.6 is 0 Å². The predicted molar refractivity (Wildman–Crippen MR) is 59.4 cm³/mol. The highest BCUT2D eigenvalue weighted by molar-refractivity contribution is 6.00. The maximum Gasteiger partial charge on any atom is 0.106 e. The van der Waals surface area contributed by atoms with Crippen LogP contribution in [0.3, 0.4) is 0 Å². The van der Waals surface area contributed by atoms with Crippen molar-refractivity contribution in [3.05, 3.63) is 48.6 Å². The van der Waals surface area contributed by atoms with E-state index in [0.29, 0.717) is 0 Å². The Labute approximate surface area is 84.9 Å². The van der Waals surface area contributed by atoms with Crippen molar-refractivity contribution in [1.82, 2.24) is 0 Å². The lowest BCUT2D eigenvalue weighted by Crippen LogP contribution is -2.00. The van der Waals surface area contributed by atoms with E-state index in [1.54, 1.807) is 7.11 Å². The summed E-state index contributed by atoms with van der Waals surface area (Å²) < 4.78 is 0. The molecule has 0 N–H and O–H groups in total. The summed E-state index contributed by atoms with van der Waals surface area (Å²) in [6.45, 7) is 3.69. The number of nitrogens with zero attached hydrogens (tertiary/aromatic N) is 1. The molecule has 0 aliphatic carbocycles. The highest BCUT2D eigenvalue weighted by Crippen LogP contribution is 2.07. The first-order valence-electron chi connectivity index (χ1n) is 4.65. The van der Waals surface area contributed by atoms with Gasteiger partial charge in [0.05, 0.1) is 5.71 Å². The molecule has 0 aliphatic heterocycles. The van der Waals surface area contributed by atoms with Crippen molar-refractivity contribution in [3.8, 4) is 0 Å². The molecule has 0 atom stereocenters. The fraction of sp³-hybridized carbons (Fsp3) is 0.250. The number of hydrogen-bond donors (Lipinski definition) is 0. The molecule has 0 amide bonds. The highest BCUT2D eigenvalue weighted by atomic mass is 16.6. The van der Waals surface area contributed by atoms with Crippen LogP contribution in [0.15, 0.2) is 48.1 Å². The molecule has 0 bridgehead atoms. The fourth-order valence-electron chi connectivity index (χ4n) is 1.22. The summed E-state index contributed by atoms with van der Waals surface area (Å²) in [5.74, 6) is 0. The molecule has 1 rings (SSSR count). The average Bonchev–Trinajstić information content (AvgIpc) is 2.25. The van der Waals surface area contributed by atoms with Gasteiger partial charge in [0.25, 0.3) is 0 Å². The van der Waals surface area contributed by atoms with Crippen LogP contribution in [0, 0.1) is 0 Å². The van der Waals surface area contributed by atoms with Gasteiger partial charge in [-0.05, 0) is 18.4 Å². The van der Waals surface area contributed by atoms with Gasteiger partial charge in [0, 0.05) is 0 Å². The zero-order chi connectivity index (χ0) is 10.2. The minimum atomic E-state index is 0.862. The quantitative estimate of drug-likeness (QED) is 0.396. The van der Waals surface area contributed by atoms with Crippen molar-refractivity contribution in [3.63, 3.8) is 0 Å². The first-order chi connectivity index (χ1) is 6.88. The first kappa shape index (κ1) is 10.5. The third kappa shape index (κ3) is 3.05. The maximum atomic E-state index is 4.81. The Hall–Kier alpha value is -1.57. The van der Waals surface area contributed by atoms with Crippen LogP contribution in [0.2, 0.25) is 0 Å². The van der Waals surface area contributed by atoms with E-state index in [1.807, 2.05) is 36.4 Å². The third-order valence-electron chi connectivity index (χ3n) is 1.89. The van der Waals surface area contributed by atoms with E-state index in [9.17, 15) is 0 Å². The van der Waals surface area contributed by atoms with Crippen molar-refractivity contribution in [2.45, 2.75) is 12.8 Å². The molecule has 0 spiro atoms. The monoisotopic (exact) mass is 189 g/mol. The minimum absolute atomic E-state index is 0.862. The van der Waals surface area contributed by atoms with Crippen molar-refractivity contribution >= 4 is 5.71 Å². The Bertz CT molecular complexity index is 303. The van der Waals surface area contributed by atoms with Gasteiger partial charge in [-0.25, -0.2) is 0 Å². The van der Waals surface area contributed by atoms with Crippen molar-refractivity contribution in [2.75, 3.05) is 7.11 Å². The molecule has 0 fully saturated rings. The molecule has 0 heterocycles. The average molecular weight is 189 g/mol. The second-order valence-corrected chi connectivity index (χ2v) is 2.91. The van der Waals surface area contributed by atoms with E-state index in [-0.39, 0.29) is 0 Å². The summed E-state index contributed by atoms with van der Waals surface area (Å²) in [5.41, 5.74) is 2.07. The molecule has 0 aliphatic rings. The molecule has 0 aromatic heterocycles. The molecule has 2 nitrogen and oxygen atoms in total. The van der Waals surface area contributed by atoms with Crippen LogP contribution < -0.4 is 0 Å². The van der Waals surface area contributed by atoms with E-state index >= 15 is 0 Å². The smallest absolute Gasteiger partial charge is 0.106 e. The molecule has 0 saturated carbocycles. The molecule has 0 radical (unpaired) electrons. The Morgan fingerprint density at radius 3 is 2.71 bits per heavy atom. The lowest BCUT2D eigenvalue weighted by molar-refractivity contribution is 0.213. The summed E-state index contributed by atoms with van der Waals surface area (Å²) in [6, 6.07) is 10.0. The predicted octanol–water partition coefficient (Wildman–Crippen LogP) is 3.00. The van der Waals surface area contributed by atoms with E-state index in [0.717, 1.165) is 24.1 Å². The Balaban J connectivity index is 2.78. The van der Waals surface area contributed by atoms with Crippen molar-refractivity contribution < 1.29 is 4.84 Å². The van der Waals surface area contributed by atoms with Gasteiger partial charge in [-0.1, -0.05) is 41.6 Å². The van der Waals surface area contributed by atoms with Gasteiger partial charge < -0.3 is 4.84 Å². The minimum Gasteiger partial charge on any atom is -0.399 e. The SMILES string of the molecule is C=CCC/C(=N/OC)c1ccccc1. The van der Waals surface area contributed by atoms with Crippen molar-refractivity contribution in [1.29, 1.82) is 0 Å². The zero-order valence-corrected chi connectivity index (χ0v) is 8.44. The van der Waals surface area contributed by atoms with Crippen molar-refractivity contribution in [2.24, 2.45) is 5.16 Å². The van der Waals surface area contributed by atoms with Gasteiger partial charge in [-0.15, -0.1) is 6.58 Å². The molecule has 14 heavy (non-hydrogen) atoms. The van der Waals surface area contributed by atoms with E-state index in [2.05, 4.69) is 11.7 Å². The lowest BCUT2D eigenvalue weighted by Gasteiger charge is -2.03. The third-order valence-corrected chi connectivity index (χ3v) is 1.89. The normalized spacial score (nSPS) is 11.1. The molecule has 1 aromatic rings. The van der Waals surface area contributed by atoms with Crippen LogP contribution in [0.5, 0.6) is 0 Å². The fourth-order valence-corrected chi connectivity index (χ4v) is 1.22. The van der Waals surface area contributed by atoms with Crippen LogP contribution in [0.4, 0.5) is 0 Å². The second kappa shape index (κ2) is 5.97. The molecular weight excluding hydrogens is 174 g/mol. The summed E-state index contributed by atoms with van der Waals surface area (Å²) >= 11 is 0. The van der Waals surface area contributed by atoms with E-state index in [1.165, 1.54) is 0 Å². The lowest BCUT2D eigenvalue weighted by atomic mass is 10.1. The Kier molecular flexibility index (Phi) is 4.48. The van der Waals surface area contributed by atoms with Gasteiger partial charge in [-0.2, -0.15) is 0 Å². The topological polar surface area (TPSA) is 21.6 Å². The second-order valence-electron chi connectivity index (χ2n) is 2.91. The largest absolute Gasteiger partial charge is 0.399 e. The standard InChI is InChI=1S/C12H15NO/c1-3-4-10-12(13-14-2)11-8-6-5-7-9-11/h3,5-9H,1,4,10H2,2H3/b13-12-. The summed E-state index contributed by atoms with van der Waals surface area (Å²) in [7, 11) is 1.57. The highest BCUT2D eigenvalue weighted by Gasteiger charge is 2.01. The number of rotatable bonds is 5. The van der Waals surface area contributed by atoms with Crippen LogP contribution in [0.1, 0.15) is 18.4 Å². The Morgan fingerprint density at radius 2 is 2.14 bits per heavy atom. The van der Waals surface area contributed by atoms with Gasteiger partial charge in [-0.3, -0.25) is 0 Å². The zero-order valence-electron chi connectivity index (χ0n) is 8.44. The number of hydrogen-bond acceptors (Lipinski definition) is 2. The van der Waals surface area contributed by atoms with Crippen LogP contribution in [0.25, 0.3) is 0 Å². The molecule has 2 heteroatoms. The number of allylic oxidation sites excluding steroid dienone is 1. The van der Waals surface area contributed by atoms with Gasteiger partial charge in [0.15, 0.2) is 0 Å². The molecule has 0 saturated heterocycles. The summed E-state index contributed by atoms with van der Waals surface area (Å²) in [5, 5.41) is 4.00. The number of oxime groups is 1. The van der Waals surface area contributed by atoms with Gasteiger partial charge in [0.2, 0.25) is 0 Å². The summed E-state index contributed by atoms with van der Waals surface area (Å²) in [4.78, 5) is 4.81. The van der Waals surface area contributed by atoms with E-state index < -0.39 is 0 Å².